The van der Waals surface area contributed by atoms with Crippen molar-refractivity contribution in [2.24, 2.45) is 0 Å². The molecule has 1 aromatic carbocycles. The fourth-order valence-electron chi connectivity index (χ4n) is 1.27. The average Bonchev–Trinajstić information content (AvgIpc) is 2.67. The van der Waals surface area contributed by atoms with E-state index in [4.69, 9.17) is 0 Å². The highest BCUT2D eigenvalue weighted by Gasteiger charge is 2.01. The third-order valence-corrected chi connectivity index (χ3v) is 3.51. The maximum Gasteiger partial charge on any atom is 0.0971 e. The van der Waals surface area contributed by atoms with Crippen molar-refractivity contribution in [3.8, 4) is 0 Å². The molecule has 1 aromatic heterocycles. The van der Waals surface area contributed by atoms with Crippen LogP contribution in [0, 0.1) is 0 Å². The van der Waals surface area contributed by atoms with Gasteiger partial charge in [-0.15, -0.1) is 11.3 Å². The molecule has 1 nitrogen and oxygen atoms in total. The lowest BCUT2D eigenvalue weighted by atomic mass is 10.2. The normalized spacial score (nSPS) is 10.4. The number of hydrogen-bond acceptors (Lipinski definition) is 3. The van der Waals surface area contributed by atoms with Crippen LogP contribution in [0.15, 0.2) is 36.5 Å². The second-order valence-electron chi connectivity index (χ2n) is 3.04. The van der Waals surface area contributed by atoms with Crippen LogP contribution in [0.25, 0.3) is 0 Å². The molecule has 0 aliphatic heterocycles. The van der Waals surface area contributed by atoms with E-state index in [0.717, 1.165) is 12.2 Å². The van der Waals surface area contributed by atoms with Crippen LogP contribution < -0.4 is 0 Å². The molecule has 2 rings (SSSR count). The van der Waals surface area contributed by atoms with Gasteiger partial charge in [0.25, 0.3) is 0 Å². The van der Waals surface area contributed by atoms with Crippen LogP contribution in [0.2, 0.25) is 0 Å². The Kier molecular flexibility index (Phi) is 3.22. The van der Waals surface area contributed by atoms with Gasteiger partial charge in [-0.05, 0) is 5.56 Å². The van der Waals surface area contributed by atoms with E-state index in [1.807, 2.05) is 12.3 Å². The van der Waals surface area contributed by atoms with Crippen molar-refractivity contribution < 1.29 is 0 Å². The fourth-order valence-corrected chi connectivity index (χ4v) is 2.37. The molecule has 0 amide bonds. The summed E-state index contributed by atoms with van der Waals surface area (Å²) >= 11 is 5.96. The molecule has 1 heterocycles. The average molecular weight is 221 g/mol. The Hall–Kier alpha value is -0.800. The minimum absolute atomic E-state index is 0.784. The highest BCUT2D eigenvalue weighted by atomic mass is 32.1. The Morgan fingerprint density at radius 1 is 1.21 bits per heavy atom. The zero-order valence-electron chi connectivity index (χ0n) is 7.68. The largest absolute Gasteiger partial charge is 0.249 e. The third-order valence-electron chi connectivity index (χ3n) is 1.96. The Morgan fingerprint density at radius 2 is 2.00 bits per heavy atom. The third kappa shape index (κ3) is 2.36. The van der Waals surface area contributed by atoms with Gasteiger partial charge in [0.1, 0.15) is 0 Å². The van der Waals surface area contributed by atoms with Crippen LogP contribution in [0.4, 0.5) is 0 Å². The van der Waals surface area contributed by atoms with Crippen LogP contribution in [-0.2, 0) is 12.2 Å². The minimum atomic E-state index is 0.784. The molecule has 0 bridgehead atoms. The standard InChI is InChI=1S/C11H11NS2/c13-8-10-7-12-11(14-10)6-9-4-2-1-3-5-9/h1-5,7,13H,6,8H2. The molecule has 0 spiro atoms. The highest BCUT2D eigenvalue weighted by Crippen LogP contribution is 2.17. The van der Waals surface area contributed by atoms with Crippen molar-refractivity contribution in [1.82, 2.24) is 4.98 Å². The predicted molar refractivity (Wildman–Crippen MR) is 64.1 cm³/mol. The second-order valence-corrected chi connectivity index (χ2v) is 4.56. The summed E-state index contributed by atoms with van der Waals surface area (Å²) < 4.78 is 0. The molecule has 0 fully saturated rings. The van der Waals surface area contributed by atoms with Crippen molar-refractivity contribution in [1.29, 1.82) is 0 Å². The predicted octanol–water partition coefficient (Wildman–Crippen LogP) is 3.16. The highest BCUT2D eigenvalue weighted by molar-refractivity contribution is 7.79. The smallest absolute Gasteiger partial charge is 0.0971 e. The van der Waals surface area contributed by atoms with Crippen LogP contribution in [0.1, 0.15) is 15.4 Å². The van der Waals surface area contributed by atoms with Gasteiger partial charge in [-0.3, -0.25) is 0 Å². The zero-order chi connectivity index (χ0) is 9.80. The molecule has 0 radical (unpaired) electrons. The summed E-state index contributed by atoms with van der Waals surface area (Å²) in [6, 6.07) is 10.4. The monoisotopic (exact) mass is 221 g/mol. The van der Waals surface area contributed by atoms with E-state index in [1.165, 1.54) is 15.4 Å². The van der Waals surface area contributed by atoms with E-state index in [9.17, 15) is 0 Å². The summed E-state index contributed by atoms with van der Waals surface area (Å²) in [6.07, 6.45) is 2.84. The van der Waals surface area contributed by atoms with Gasteiger partial charge in [-0.2, -0.15) is 12.6 Å². The number of thiazole rings is 1. The van der Waals surface area contributed by atoms with Gasteiger partial charge in [0.05, 0.1) is 5.01 Å². The summed E-state index contributed by atoms with van der Waals surface area (Å²) in [5.74, 6) is 0.784. The number of thiol groups is 1. The molecular formula is C11H11NS2. The molecule has 2 aromatic rings. The molecule has 72 valence electrons. The lowest BCUT2D eigenvalue weighted by Crippen LogP contribution is -1.84. The van der Waals surface area contributed by atoms with E-state index in [0.29, 0.717) is 0 Å². The molecule has 0 N–H and O–H groups in total. The van der Waals surface area contributed by atoms with Gasteiger partial charge in [0.2, 0.25) is 0 Å². The Labute approximate surface area is 93.2 Å². The Balaban J connectivity index is 2.11. The summed E-state index contributed by atoms with van der Waals surface area (Å²) in [5, 5.41) is 1.17. The maximum absolute atomic E-state index is 4.35. The van der Waals surface area contributed by atoms with E-state index in [-0.39, 0.29) is 0 Å². The summed E-state index contributed by atoms with van der Waals surface area (Å²) in [4.78, 5) is 5.59. The van der Waals surface area contributed by atoms with E-state index in [1.54, 1.807) is 11.3 Å². The van der Waals surface area contributed by atoms with Gasteiger partial charge in [0.15, 0.2) is 0 Å². The van der Waals surface area contributed by atoms with Crippen molar-refractivity contribution in [2.45, 2.75) is 12.2 Å². The first-order valence-electron chi connectivity index (χ1n) is 4.47. The summed E-state index contributed by atoms with van der Waals surface area (Å²) in [6.45, 7) is 0. The molecule has 3 heteroatoms. The van der Waals surface area contributed by atoms with Gasteiger partial charge < -0.3 is 0 Å². The molecule has 0 aliphatic carbocycles. The maximum atomic E-state index is 4.35. The van der Waals surface area contributed by atoms with Crippen LogP contribution in [-0.4, -0.2) is 4.98 Å². The molecule has 14 heavy (non-hydrogen) atoms. The topological polar surface area (TPSA) is 12.9 Å². The Morgan fingerprint density at radius 3 is 2.64 bits per heavy atom. The van der Waals surface area contributed by atoms with Crippen molar-refractivity contribution >= 4 is 24.0 Å². The summed E-state index contributed by atoms with van der Waals surface area (Å²) in [7, 11) is 0. The molecule has 0 unspecified atom stereocenters. The lowest BCUT2D eigenvalue weighted by Gasteiger charge is -1.95. The van der Waals surface area contributed by atoms with E-state index < -0.39 is 0 Å². The molecule has 0 aliphatic rings. The zero-order valence-corrected chi connectivity index (χ0v) is 9.39. The first-order chi connectivity index (χ1) is 6.88. The Bertz CT molecular complexity index is 395. The van der Waals surface area contributed by atoms with Crippen molar-refractivity contribution in [3.63, 3.8) is 0 Å². The van der Waals surface area contributed by atoms with Crippen LogP contribution >= 0.6 is 24.0 Å². The van der Waals surface area contributed by atoms with E-state index >= 15 is 0 Å². The van der Waals surface area contributed by atoms with Gasteiger partial charge in [-0.25, -0.2) is 4.98 Å². The fraction of sp³-hybridized carbons (Fsp3) is 0.182. The second kappa shape index (κ2) is 4.62. The van der Waals surface area contributed by atoms with Gasteiger partial charge >= 0.3 is 0 Å². The first kappa shape index (κ1) is 9.74. The number of nitrogens with zero attached hydrogens (tertiary/aromatic N) is 1. The number of benzene rings is 1. The van der Waals surface area contributed by atoms with Gasteiger partial charge in [-0.1, -0.05) is 30.3 Å². The summed E-state index contributed by atoms with van der Waals surface area (Å²) in [5.41, 5.74) is 1.31. The molecule has 0 saturated heterocycles. The van der Waals surface area contributed by atoms with Crippen molar-refractivity contribution in [3.05, 3.63) is 52.0 Å². The van der Waals surface area contributed by atoms with Crippen LogP contribution in [0.3, 0.4) is 0 Å². The molecule has 0 atom stereocenters. The number of aromatic nitrogens is 1. The molecular weight excluding hydrogens is 210 g/mol. The minimum Gasteiger partial charge on any atom is -0.249 e. The van der Waals surface area contributed by atoms with E-state index in [2.05, 4.69) is 41.9 Å². The van der Waals surface area contributed by atoms with Crippen molar-refractivity contribution in [2.75, 3.05) is 0 Å². The SMILES string of the molecule is SCc1cnc(Cc2ccccc2)s1. The lowest BCUT2D eigenvalue weighted by molar-refractivity contribution is 1.13. The number of rotatable bonds is 3. The first-order valence-corrected chi connectivity index (χ1v) is 5.92. The van der Waals surface area contributed by atoms with Crippen LogP contribution in [0.5, 0.6) is 0 Å². The van der Waals surface area contributed by atoms with Gasteiger partial charge in [0, 0.05) is 23.2 Å². The quantitative estimate of drug-likeness (QED) is 0.786. The molecule has 0 saturated carbocycles. The number of hydrogen-bond donors (Lipinski definition) is 1.